The second-order valence-electron chi connectivity index (χ2n) is 6.15. The van der Waals surface area contributed by atoms with Crippen molar-refractivity contribution in [3.8, 4) is 28.1 Å². The summed E-state index contributed by atoms with van der Waals surface area (Å²) >= 11 is 0. The second-order valence-corrected chi connectivity index (χ2v) is 6.15. The topological polar surface area (TPSA) is 25.0 Å². The Labute approximate surface area is 143 Å². The van der Waals surface area contributed by atoms with Crippen LogP contribution in [0.25, 0.3) is 22.4 Å². The van der Waals surface area contributed by atoms with Crippen LogP contribution in [0.2, 0.25) is 0 Å². The highest BCUT2D eigenvalue weighted by Crippen LogP contribution is 2.40. The molecular formula is C20H16F3NO. The van der Waals surface area contributed by atoms with Crippen LogP contribution < -0.4 is 4.74 Å². The minimum Gasteiger partial charge on any atom is -0.497 e. The first kappa shape index (κ1) is 15.8. The highest BCUT2D eigenvalue weighted by molar-refractivity contribution is 5.80. The van der Waals surface area contributed by atoms with Gasteiger partial charge in [-0.05, 0) is 59.9 Å². The molecule has 128 valence electrons. The number of halogens is 3. The molecule has 0 amide bonds. The summed E-state index contributed by atoms with van der Waals surface area (Å²) in [6.45, 7) is 0. The highest BCUT2D eigenvalue weighted by Gasteiger charge is 2.30. The Morgan fingerprint density at radius 3 is 2.40 bits per heavy atom. The molecule has 0 fully saturated rings. The third-order valence-corrected chi connectivity index (χ3v) is 4.74. The van der Waals surface area contributed by atoms with Gasteiger partial charge in [-0.1, -0.05) is 12.1 Å². The first-order chi connectivity index (χ1) is 12.0. The lowest BCUT2D eigenvalue weighted by atomic mass is 9.87. The van der Waals surface area contributed by atoms with Crippen molar-refractivity contribution < 1.29 is 17.9 Å². The maximum atomic E-state index is 12.7. The second kappa shape index (κ2) is 5.69. The molecule has 0 saturated heterocycles. The Hall–Kier alpha value is -2.69. The van der Waals surface area contributed by atoms with Crippen LogP contribution in [0.15, 0.2) is 48.7 Å². The highest BCUT2D eigenvalue weighted by atomic mass is 19.4. The fourth-order valence-electron chi connectivity index (χ4n) is 3.46. The summed E-state index contributed by atoms with van der Waals surface area (Å²) in [7, 11) is 1.65. The van der Waals surface area contributed by atoms with Crippen molar-refractivity contribution in [1.29, 1.82) is 0 Å². The molecule has 2 aromatic carbocycles. The molecule has 0 saturated carbocycles. The van der Waals surface area contributed by atoms with Gasteiger partial charge in [-0.15, -0.1) is 0 Å². The van der Waals surface area contributed by atoms with E-state index in [1.54, 1.807) is 7.11 Å². The van der Waals surface area contributed by atoms with Crippen molar-refractivity contribution >= 4 is 0 Å². The first-order valence-electron chi connectivity index (χ1n) is 8.02. The van der Waals surface area contributed by atoms with E-state index in [1.807, 2.05) is 24.4 Å². The van der Waals surface area contributed by atoms with E-state index in [9.17, 15) is 13.2 Å². The summed E-state index contributed by atoms with van der Waals surface area (Å²) in [5.41, 5.74) is 5.66. The number of hydrogen-bond acceptors (Lipinski definition) is 1. The lowest BCUT2D eigenvalue weighted by Crippen LogP contribution is -2.05. The third kappa shape index (κ3) is 2.69. The van der Waals surface area contributed by atoms with Crippen LogP contribution in [0, 0.1) is 0 Å². The summed E-state index contributed by atoms with van der Waals surface area (Å²) in [4.78, 5) is 3.30. The molecule has 3 aromatic rings. The number of hydrogen-bond donors (Lipinski definition) is 1. The molecule has 4 rings (SSSR count). The summed E-state index contributed by atoms with van der Waals surface area (Å²) in [6.07, 6.45) is -0.707. The molecule has 0 spiro atoms. The van der Waals surface area contributed by atoms with Crippen LogP contribution in [0.4, 0.5) is 13.2 Å². The third-order valence-electron chi connectivity index (χ3n) is 4.74. The first-order valence-corrected chi connectivity index (χ1v) is 8.02. The average molecular weight is 343 g/mol. The smallest absolute Gasteiger partial charge is 0.416 e. The zero-order valence-electron chi connectivity index (χ0n) is 13.6. The molecule has 25 heavy (non-hydrogen) atoms. The van der Waals surface area contributed by atoms with Crippen LogP contribution in [0.5, 0.6) is 5.75 Å². The van der Waals surface area contributed by atoms with Gasteiger partial charge in [-0.3, -0.25) is 0 Å². The number of aryl methyl sites for hydroxylation is 1. The lowest BCUT2D eigenvalue weighted by Gasteiger charge is -2.18. The van der Waals surface area contributed by atoms with Crippen LogP contribution in [-0.2, 0) is 19.0 Å². The maximum Gasteiger partial charge on any atom is 0.416 e. The van der Waals surface area contributed by atoms with Crippen LogP contribution in [-0.4, -0.2) is 12.1 Å². The number of nitrogens with one attached hydrogen (secondary N) is 1. The number of alkyl halides is 3. The van der Waals surface area contributed by atoms with Crippen molar-refractivity contribution in [2.45, 2.75) is 19.0 Å². The van der Waals surface area contributed by atoms with Gasteiger partial charge in [0.05, 0.1) is 12.7 Å². The minimum atomic E-state index is -4.31. The summed E-state index contributed by atoms with van der Waals surface area (Å²) < 4.78 is 43.5. The molecule has 1 aromatic heterocycles. The fraction of sp³-hybridized carbons (Fsp3) is 0.200. The number of fused-ring (bicyclic) bond motifs is 3. The van der Waals surface area contributed by atoms with Gasteiger partial charge in [0, 0.05) is 23.0 Å². The number of rotatable bonds is 2. The lowest BCUT2D eigenvalue weighted by molar-refractivity contribution is -0.137. The van der Waals surface area contributed by atoms with Crippen LogP contribution in [0.1, 0.15) is 16.7 Å². The Morgan fingerprint density at radius 1 is 0.960 bits per heavy atom. The fourth-order valence-corrected chi connectivity index (χ4v) is 3.46. The van der Waals surface area contributed by atoms with E-state index in [1.165, 1.54) is 17.7 Å². The van der Waals surface area contributed by atoms with Gasteiger partial charge in [0.25, 0.3) is 0 Å². The largest absolute Gasteiger partial charge is 0.497 e. The summed E-state index contributed by atoms with van der Waals surface area (Å²) in [5, 5.41) is 0. The van der Waals surface area contributed by atoms with Gasteiger partial charge in [-0.25, -0.2) is 0 Å². The molecule has 0 bridgehead atoms. The predicted molar refractivity (Wildman–Crippen MR) is 90.6 cm³/mol. The number of aromatic amines is 1. The quantitative estimate of drug-likeness (QED) is 0.655. The van der Waals surface area contributed by atoms with Crippen molar-refractivity contribution in [2.24, 2.45) is 0 Å². The standard InChI is InChI=1S/C20H16F3NO/c1-25-15-7-9-16-13(10-15)4-8-17-18(11-24-19(16)17)12-2-5-14(6-3-12)20(21,22)23/h2-3,5-7,9-11,24H,4,8H2,1H3. The van der Waals surface area contributed by atoms with Gasteiger partial charge in [0.1, 0.15) is 5.75 Å². The molecule has 1 N–H and O–H groups in total. The van der Waals surface area contributed by atoms with Gasteiger partial charge < -0.3 is 9.72 Å². The van der Waals surface area contributed by atoms with Crippen molar-refractivity contribution in [3.05, 3.63) is 65.4 Å². The summed E-state index contributed by atoms with van der Waals surface area (Å²) in [6, 6.07) is 11.3. The Morgan fingerprint density at radius 2 is 1.72 bits per heavy atom. The number of aromatic nitrogens is 1. The zero-order valence-corrected chi connectivity index (χ0v) is 13.6. The van der Waals surface area contributed by atoms with Gasteiger partial charge in [0.2, 0.25) is 0 Å². The Balaban J connectivity index is 1.74. The van der Waals surface area contributed by atoms with Gasteiger partial charge in [0.15, 0.2) is 0 Å². The van der Waals surface area contributed by atoms with E-state index in [4.69, 9.17) is 4.74 Å². The number of benzene rings is 2. The Bertz CT molecular complexity index is 923. The van der Waals surface area contributed by atoms with Crippen LogP contribution in [0.3, 0.4) is 0 Å². The molecule has 1 heterocycles. The van der Waals surface area contributed by atoms with E-state index in [0.717, 1.165) is 58.7 Å². The minimum absolute atomic E-state index is 0.627. The van der Waals surface area contributed by atoms with Crippen LogP contribution >= 0.6 is 0 Å². The molecule has 0 atom stereocenters. The Kier molecular flexibility index (Phi) is 3.60. The number of H-pyrrole nitrogens is 1. The van der Waals surface area contributed by atoms with Crippen molar-refractivity contribution in [3.63, 3.8) is 0 Å². The molecule has 0 radical (unpaired) electrons. The zero-order chi connectivity index (χ0) is 17.6. The molecule has 0 aliphatic heterocycles. The average Bonchev–Trinajstić information content (AvgIpc) is 3.05. The van der Waals surface area contributed by atoms with E-state index >= 15 is 0 Å². The normalized spacial score (nSPS) is 13.3. The predicted octanol–water partition coefficient (Wildman–Crippen LogP) is 5.47. The maximum absolute atomic E-state index is 12.7. The van der Waals surface area contributed by atoms with Crippen molar-refractivity contribution in [1.82, 2.24) is 4.98 Å². The number of ether oxygens (including phenoxy) is 1. The van der Waals surface area contributed by atoms with E-state index in [2.05, 4.69) is 4.98 Å². The molecule has 2 nitrogen and oxygen atoms in total. The van der Waals surface area contributed by atoms with Gasteiger partial charge >= 0.3 is 6.18 Å². The molecule has 1 aliphatic carbocycles. The van der Waals surface area contributed by atoms with Gasteiger partial charge in [-0.2, -0.15) is 13.2 Å². The molecule has 0 unspecified atom stereocenters. The molecular weight excluding hydrogens is 327 g/mol. The molecule has 5 heteroatoms. The number of methoxy groups -OCH3 is 1. The SMILES string of the molecule is COc1ccc2c(c1)CCc1c(-c3ccc(C(F)(F)F)cc3)c[nH]c1-2. The van der Waals surface area contributed by atoms with E-state index in [0.29, 0.717) is 0 Å². The monoisotopic (exact) mass is 343 g/mol. The van der Waals surface area contributed by atoms with E-state index in [-0.39, 0.29) is 0 Å². The molecule has 1 aliphatic rings. The summed E-state index contributed by atoms with van der Waals surface area (Å²) in [5.74, 6) is 0.830. The van der Waals surface area contributed by atoms with Crippen molar-refractivity contribution in [2.75, 3.05) is 7.11 Å². The van der Waals surface area contributed by atoms with E-state index < -0.39 is 11.7 Å².